The van der Waals surface area contributed by atoms with Gasteiger partial charge in [-0.05, 0) is 66.4 Å². The van der Waals surface area contributed by atoms with E-state index >= 15 is 0 Å². The first-order valence-corrected chi connectivity index (χ1v) is 9.10. The van der Waals surface area contributed by atoms with Crippen LogP contribution in [0, 0.1) is 3.57 Å². The van der Waals surface area contributed by atoms with Gasteiger partial charge in [-0.25, -0.2) is 0 Å². The van der Waals surface area contributed by atoms with Crippen LogP contribution in [0.1, 0.15) is 19.4 Å². The normalized spacial score (nSPS) is 18.2. The molecule has 1 aliphatic heterocycles. The van der Waals surface area contributed by atoms with Gasteiger partial charge >= 0.3 is 0 Å². The largest absolute Gasteiger partial charge is 0.506 e. The molecule has 0 atom stereocenters. The van der Waals surface area contributed by atoms with E-state index in [-0.39, 0.29) is 24.1 Å². The lowest BCUT2D eigenvalue weighted by molar-refractivity contribution is -0.122. The summed E-state index contributed by atoms with van der Waals surface area (Å²) in [5.41, 5.74) is 0.624. The second-order valence-corrected chi connectivity index (χ2v) is 7.33. The van der Waals surface area contributed by atoms with E-state index in [1.807, 2.05) is 19.9 Å². The van der Waals surface area contributed by atoms with Crippen LogP contribution >= 0.6 is 62.7 Å². The van der Waals surface area contributed by atoms with E-state index in [1.165, 1.54) is 11.8 Å². The molecule has 1 aliphatic rings. The second-order valence-electron chi connectivity index (χ2n) is 4.24. The van der Waals surface area contributed by atoms with Crippen LogP contribution in [-0.4, -0.2) is 34.2 Å². The molecule has 1 fully saturated rings. The summed E-state index contributed by atoms with van der Waals surface area (Å²) >= 11 is 6.81. The molecule has 0 unspecified atom stereocenters. The average molecular weight is 518 g/mol. The Morgan fingerprint density at radius 3 is 2.73 bits per heavy atom. The number of halogens is 3. The van der Waals surface area contributed by atoms with Crippen molar-refractivity contribution in [1.29, 1.82) is 0 Å². The first-order valence-electron chi connectivity index (χ1n) is 6.41. The molecular weight excluding hydrogens is 502 g/mol. The summed E-state index contributed by atoms with van der Waals surface area (Å²) in [5, 5.41) is 10.8. The number of nitrogens with zero attached hydrogens (tertiary/aromatic N) is 2. The van der Waals surface area contributed by atoms with Gasteiger partial charge in [0.25, 0.3) is 5.91 Å². The molecule has 1 aromatic rings. The molecule has 120 valence electrons. The number of hydrogen-bond acceptors (Lipinski definition) is 4. The van der Waals surface area contributed by atoms with Gasteiger partial charge < -0.3 is 5.11 Å². The van der Waals surface area contributed by atoms with E-state index in [2.05, 4.69) is 43.5 Å². The quantitative estimate of drug-likeness (QED) is 0.475. The van der Waals surface area contributed by atoms with Gasteiger partial charge in [0.2, 0.25) is 0 Å². The fourth-order valence-corrected chi connectivity index (χ4v) is 4.52. The van der Waals surface area contributed by atoms with E-state index in [0.29, 0.717) is 23.6 Å². The van der Waals surface area contributed by atoms with Crippen molar-refractivity contribution in [2.24, 2.45) is 4.99 Å². The molecule has 4 nitrogen and oxygen atoms in total. The molecule has 1 heterocycles. The van der Waals surface area contributed by atoms with Crippen LogP contribution in [0.15, 0.2) is 26.5 Å². The Hall–Kier alpha value is -0.250. The summed E-state index contributed by atoms with van der Waals surface area (Å²) in [4.78, 5) is 18.9. The number of aromatic hydroxyl groups is 1. The molecule has 1 aromatic carbocycles. The molecule has 0 saturated carbocycles. The molecular formula is C14H15BrClIN2O2S. The molecule has 0 aromatic heterocycles. The van der Waals surface area contributed by atoms with Gasteiger partial charge in [-0.3, -0.25) is 14.7 Å². The highest BCUT2D eigenvalue weighted by Crippen LogP contribution is 2.36. The summed E-state index contributed by atoms with van der Waals surface area (Å²) in [7, 11) is 0. The third kappa shape index (κ3) is 4.18. The molecule has 8 heteroatoms. The molecule has 0 aliphatic carbocycles. The lowest BCUT2D eigenvalue weighted by Crippen LogP contribution is -2.28. The van der Waals surface area contributed by atoms with Crippen molar-refractivity contribution in [3.05, 3.63) is 30.6 Å². The minimum atomic E-state index is -0.0657. The topological polar surface area (TPSA) is 52.9 Å². The maximum absolute atomic E-state index is 12.4. The summed E-state index contributed by atoms with van der Waals surface area (Å²) in [6.07, 6.45) is 1.72. The Morgan fingerprint density at radius 1 is 1.45 bits per heavy atom. The maximum Gasteiger partial charge on any atom is 0.266 e. The van der Waals surface area contributed by atoms with Crippen molar-refractivity contribution in [1.82, 2.24) is 4.90 Å². The van der Waals surface area contributed by atoms with Crippen LogP contribution in [0.2, 0.25) is 0 Å². The highest BCUT2D eigenvalue weighted by molar-refractivity contribution is 14.1. The maximum atomic E-state index is 12.4. The lowest BCUT2D eigenvalue weighted by atomic mass is 10.2. The van der Waals surface area contributed by atoms with Crippen molar-refractivity contribution >= 4 is 79.8 Å². The lowest BCUT2D eigenvalue weighted by Gasteiger charge is -2.11. The summed E-state index contributed by atoms with van der Waals surface area (Å²) in [6, 6.07) is 3.62. The molecule has 1 amide bonds. The van der Waals surface area contributed by atoms with Crippen LogP contribution in [0.5, 0.6) is 5.75 Å². The van der Waals surface area contributed by atoms with Crippen LogP contribution in [-0.2, 0) is 4.79 Å². The summed E-state index contributed by atoms with van der Waals surface area (Å²) in [5.74, 6) is 0.118. The third-order valence-electron chi connectivity index (χ3n) is 2.84. The van der Waals surface area contributed by atoms with Gasteiger partial charge in [0.1, 0.15) is 5.75 Å². The number of aliphatic imine (C=N–C) groups is 1. The highest BCUT2D eigenvalue weighted by atomic mass is 127. The molecule has 1 saturated heterocycles. The molecule has 0 spiro atoms. The molecule has 1 N–H and O–H groups in total. The SMILES string of the molecule is CCN=C1S/C(=C/c2cc(Br)cc(I)c2O)C(=O)N1CC.Cl. The fraction of sp³-hybridized carbons (Fsp3) is 0.286. The van der Waals surface area contributed by atoms with Crippen LogP contribution in [0.25, 0.3) is 6.08 Å². The van der Waals surface area contributed by atoms with Crippen LogP contribution < -0.4 is 0 Å². The van der Waals surface area contributed by atoms with E-state index in [4.69, 9.17) is 0 Å². The van der Waals surface area contributed by atoms with Gasteiger partial charge in [-0.1, -0.05) is 15.9 Å². The van der Waals surface area contributed by atoms with E-state index < -0.39 is 0 Å². The Balaban J connectivity index is 0.00000242. The number of benzene rings is 1. The van der Waals surface area contributed by atoms with Gasteiger partial charge in [0, 0.05) is 23.1 Å². The Labute approximate surface area is 162 Å². The number of carbonyl (C=O) groups is 1. The number of likely N-dealkylation sites (N-methyl/N-ethyl adjacent to an activating group) is 1. The van der Waals surface area contributed by atoms with Crippen molar-refractivity contribution in [2.75, 3.05) is 13.1 Å². The molecule has 0 radical (unpaired) electrons. The average Bonchev–Trinajstić information content (AvgIpc) is 2.72. The molecule has 0 bridgehead atoms. The van der Waals surface area contributed by atoms with E-state index in [0.717, 1.165) is 13.2 Å². The summed E-state index contributed by atoms with van der Waals surface area (Å²) in [6.45, 7) is 5.09. The number of phenols is 1. The van der Waals surface area contributed by atoms with Crippen molar-refractivity contribution < 1.29 is 9.90 Å². The van der Waals surface area contributed by atoms with Gasteiger partial charge in [-0.15, -0.1) is 12.4 Å². The number of carbonyl (C=O) groups excluding carboxylic acids is 1. The Kier molecular flexibility index (Phi) is 7.70. The van der Waals surface area contributed by atoms with E-state index in [9.17, 15) is 9.90 Å². The Morgan fingerprint density at radius 2 is 2.14 bits per heavy atom. The van der Waals surface area contributed by atoms with Gasteiger partial charge in [0.15, 0.2) is 5.17 Å². The minimum absolute atomic E-state index is 0. The smallest absolute Gasteiger partial charge is 0.266 e. The minimum Gasteiger partial charge on any atom is -0.506 e. The number of thioether (sulfide) groups is 1. The van der Waals surface area contributed by atoms with Crippen LogP contribution in [0.4, 0.5) is 0 Å². The second kappa shape index (κ2) is 8.56. The zero-order valence-electron chi connectivity index (χ0n) is 12.0. The predicted octanol–water partition coefficient (Wildman–Crippen LogP) is 4.49. The number of amides is 1. The number of hydrogen-bond donors (Lipinski definition) is 1. The zero-order valence-corrected chi connectivity index (χ0v) is 17.3. The monoisotopic (exact) mass is 516 g/mol. The van der Waals surface area contributed by atoms with Crippen molar-refractivity contribution in [2.45, 2.75) is 13.8 Å². The molecule has 22 heavy (non-hydrogen) atoms. The first kappa shape index (κ1) is 19.8. The zero-order chi connectivity index (χ0) is 15.6. The first-order chi connectivity index (χ1) is 9.97. The van der Waals surface area contributed by atoms with Crippen molar-refractivity contribution in [3.8, 4) is 5.75 Å². The number of amidine groups is 1. The van der Waals surface area contributed by atoms with Crippen LogP contribution in [0.3, 0.4) is 0 Å². The van der Waals surface area contributed by atoms with Gasteiger partial charge in [-0.2, -0.15) is 0 Å². The Bertz CT molecular complexity index is 652. The highest BCUT2D eigenvalue weighted by Gasteiger charge is 2.32. The summed E-state index contributed by atoms with van der Waals surface area (Å²) < 4.78 is 1.60. The molecule has 2 rings (SSSR count). The number of rotatable bonds is 3. The third-order valence-corrected chi connectivity index (χ3v) is 5.17. The predicted molar refractivity (Wildman–Crippen MR) is 107 cm³/mol. The van der Waals surface area contributed by atoms with Gasteiger partial charge in [0.05, 0.1) is 8.48 Å². The standard InChI is InChI=1S/C14H14BrIN2O2S.ClH/c1-3-17-14-18(4-2)13(20)11(21-14)6-8-5-9(15)7-10(16)12(8)19;/h5-7,19H,3-4H2,1-2H3;1H/b11-6+,17-14?;. The van der Waals surface area contributed by atoms with Crippen molar-refractivity contribution in [3.63, 3.8) is 0 Å². The number of phenolic OH excluding ortho intramolecular Hbond substituents is 1. The fourth-order valence-electron chi connectivity index (χ4n) is 1.88. The van der Waals surface area contributed by atoms with E-state index in [1.54, 1.807) is 17.0 Å².